The molecule has 0 saturated carbocycles. The molecule has 2 rings (SSSR count). The van der Waals surface area contributed by atoms with E-state index in [9.17, 15) is 8.78 Å². The first-order valence-electron chi connectivity index (χ1n) is 5.67. The van der Waals surface area contributed by atoms with Crippen molar-refractivity contribution in [3.8, 4) is 11.6 Å². The molecular formula is C13H11ClF2N2O. The van der Waals surface area contributed by atoms with Gasteiger partial charge < -0.3 is 4.74 Å². The molecule has 3 nitrogen and oxygen atoms in total. The first-order chi connectivity index (χ1) is 9.02. The molecule has 1 aromatic carbocycles. The van der Waals surface area contributed by atoms with Gasteiger partial charge in [-0.05, 0) is 19.1 Å². The molecule has 0 fully saturated rings. The van der Waals surface area contributed by atoms with Crippen molar-refractivity contribution >= 4 is 11.6 Å². The van der Waals surface area contributed by atoms with Crippen LogP contribution in [0.25, 0.3) is 0 Å². The van der Waals surface area contributed by atoms with Gasteiger partial charge in [-0.25, -0.2) is 9.37 Å². The Hall–Kier alpha value is -1.75. The molecule has 2 aromatic rings. The van der Waals surface area contributed by atoms with Crippen LogP contribution in [0.2, 0.25) is 5.15 Å². The molecule has 0 N–H and O–H groups in total. The van der Waals surface area contributed by atoms with Gasteiger partial charge in [-0.15, -0.1) is 0 Å². The van der Waals surface area contributed by atoms with Crippen LogP contribution in [0.15, 0.2) is 18.2 Å². The Morgan fingerprint density at radius 1 is 1.26 bits per heavy atom. The summed E-state index contributed by atoms with van der Waals surface area (Å²) in [6.45, 7) is 3.50. The van der Waals surface area contributed by atoms with Gasteiger partial charge in [0.1, 0.15) is 11.0 Å². The van der Waals surface area contributed by atoms with E-state index in [1.54, 1.807) is 6.92 Å². The molecule has 100 valence electrons. The van der Waals surface area contributed by atoms with Crippen molar-refractivity contribution in [3.63, 3.8) is 0 Å². The first-order valence-corrected chi connectivity index (χ1v) is 6.05. The molecule has 0 aliphatic carbocycles. The molecule has 0 aliphatic rings. The molecule has 1 aromatic heterocycles. The quantitative estimate of drug-likeness (QED) is 0.797. The zero-order chi connectivity index (χ0) is 14.0. The topological polar surface area (TPSA) is 35.0 Å². The molecule has 0 saturated heterocycles. The first kappa shape index (κ1) is 13.7. The van der Waals surface area contributed by atoms with Crippen LogP contribution in [0.4, 0.5) is 8.78 Å². The van der Waals surface area contributed by atoms with Gasteiger partial charge in [-0.3, -0.25) is 0 Å². The van der Waals surface area contributed by atoms with Crippen molar-refractivity contribution in [2.45, 2.75) is 20.3 Å². The Labute approximate surface area is 114 Å². The minimum Gasteiger partial charge on any atom is -0.435 e. The lowest BCUT2D eigenvalue weighted by Gasteiger charge is -2.10. The number of aryl methyl sites for hydroxylation is 1. The average Bonchev–Trinajstić information content (AvgIpc) is 2.39. The van der Waals surface area contributed by atoms with Gasteiger partial charge in [-0.2, -0.15) is 9.37 Å². The molecule has 0 aliphatic heterocycles. The van der Waals surface area contributed by atoms with Gasteiger partial charge in [0.05, 0.1) is 0 Å². The van der Waals surface area contributed by atoms with E-state index in [1.165, 1.54) is 12.1 Å². The number of hydrogen-bond donors (Lipinski definition) is 0. The summed E-state index contributed by atoms with van der Waals surface area (Å²) in [6, 6.07) is 3.69. The van der Waals surface area contributed by atoms with E-state index in [4.69, 9.17) is 16.3 Å². The van der Waals surface area contributed by atoms with Gasteiger partial charge in [0.2, 0.25) is 11.7 Å². The van der Waals surface area contributed by atoms with E-state index in [0.29, 0.717) is 17.8 Å². The van der Waals surface area contributed by atoms with Crippen molar-refractivity contribution in [1.29, 1.82) is 0 Å². The number of halogens is 3. The van der Waals surface area contributed by atoms with E-state index in [2.05, 4.69) is 9.97 Å². The summed E-state index contributed by atoms with van der Waals surface area (Å²) in [5, 5.41) is 0.235. The maximum Gasteiger partial charge on any atom is 0.227 e. The lowest BCUT2D eigenvalue weighted by Crippen LogP contribution is -2.01. The number of hydrogen-bond acceptors (Lipinski definition) is 3. The van der Waals surface area contributed by atoms with Crippen LogP contribution in [0.1, 0.15) is 18.3 Å². The molecule has 0 unspecified atom stereocenters. The molecule has 0 spiro atoms. The molecule has 0 bridgehead atoms. The van der Waals surface area contributed by atoms with E-state index in [0.717, 1.165) is 6.07 Å². The Morgan fingerprint density at radius 3 is 2.68 bits per heavy atom. The van der Waals surface area contributed by atoms with Crippen LogP contribution in [-0.4, -0.2) is 9.97 Å². The molecule has 0 radical (unpaired) electrons. The summed E-state index contributed by atoms with van der Waals surface area (Å²) >= 11 is 5.94. The number of aromatic nitrogens is 2. The Bertz CT molecular complexity index is 620. The molecule has 19 heavy (non-hydrogen) atoms. The Balaban J connectivity index is 2.43. The van der Waals surface area contributed by atoms with Gasteiger partial charge in [0, 0.05) is 12.0 Å². The second kappa shape index (κ2) is 5.48. The smallest absolute Gasteiger partial charge is 0.227 e. The third-order valence-corrected chi connectivity index (χ3v) is 2.90. The summed E-state index contributed by atoms with van der Waals surface area (Å²) in [4.78, 5) is 8.15. The number of rotatable bonds is 3. The monoisotopic (exact) mass is 284 g/mol. The van der Waals surface area contributed by atoms with Gasteiger partial charge >= 0.3 is 0 Å². The highest BCUT2D eigenvalue weighted by Crippen LogP contribution is 2.29. The number of benzene rings is 1. The lowest BCUT2D eigenvalue weighted by molar-refractivity contribution is 0.401. The maximum absolute atomic E-state index is 13.5. The van der Waals surface area contributed by atoms with Crippen LogP contribution in [-0.2, 0) is 6.42 Å². The van der Waals surface area contributed by atoms with Crippen LogP contribution < -0.4 is 4.74 Å². The number of nitrogens with zero attached hydrogens (tertiary/aromatic N) is 2. The lowest BCUT2D eigenvalue weighted by atomic mass is 10.3. The molecule has 0 atom stereocenters. The molecular weight excluding hydrogens is 274 g/mol. The van der Waals surface area contributed by atoms with Crippen LogP contribution in [0.3, 0.4) is 0 Å². The van der Waals surface area contributed by atoms with Gasteiger partial charge in [-0.1, -0.05) is 24.6 Å². The largest absolute Gasteiger partial charge is 0.435 e. The molecule has 0 amide bonds. The second-order valence-corrected chi connectivity index (χ2v) is 4.23. The molecule has 1 heterocycles. The Morgan fingerprint density at radius 2 is 2.00 bits per heavy atom. The van der Waals surface area contributed by atoms with Crippen LogP contribution >= 0.6 is 11.6 Å². The van der Waals surface area contributed by atoms with Crippen molar-refractivity contribution in [3.05, 3.63) is 46.4 Å². The van der Waals surface area contributed by atoms with E-state index in [-0.39, 0.29) is 16.8 Å². The minimum atomic E-state index is -1.06. The zero-order valence-corrected chi connectivity index (χ0v) is 11.1. The van der Waals surface area contributed by atoms with Crippen molar-refractivity contribution < 1.29 is 13.5 Å². The fourth-order valence-electron chi connectivity index (χ4n) is 1.44. The average molecular weight is 285 g/mol. The SMILES string of the molecule is CCc1nc(Cl)c(C)c(Oc2cccc(F)c2F)n1. The number of ether oxygens (including phenoxy) is 1. The van der Waals surface area contributed by atoms with Gasteiger partial charge in [0.25, 0.3) is 0 Å². The minimum absolute atomic E-state index is 0.126. The summed E-state index contributed by atoms with van der Waals surface area (Å²) < 4.78 is 31.9. The standard InChI is InChI=1S/C13H11ClF2N2O/c1-3-10-17-12(14)7(2)13(18-10)19-9-6-4-5-8(15)11(9)16/h4-6H,3H2,1-2H3. The van der Waals surface area contributed by atoms with Crippen molar-refractivity contribution in [1.82, 2.24) is 9.97 Å². The van der Waals surface area contributed by atoms with E-state index < -0.39 is 11.6 Å². The highest BCUT2D eigenvalue weighted by molar-refractivity contribution is 6.30. The van der Waals surface area contributed by atoms with Crippen molar-refractivity contribution in [2.75, 3.05) is 0 Å². The summed E-state index contributed by atoms with van der Waals surface area (Å²) in [7, 11) is 0. The van der Waals surface area contributed by atoms with Crippen LogP contribution in [0.5, 0.6) is 11.6 Å². The fraction of sp³-hybridized carbons (Fsp3) is 0.231. The fourth-order valence-corrected chi connectivity index (χ4v) is 1.61. The summed E-state index contributed by atoms with van der Waals surface area (Å²) in [6.07, 6.45) is 0.558. The highest BCUT2D eigenvalue weighted by atomic mass is 35.5. The van der Waals surface area contributed by atoms with Gasteiger partial charge in [0.15, 0.2) is 11.6 Å². The van der Waals surface area contributed by atoms with E-state index >= 15 is 0 Å². The third kappa shape index (κ3) is 2.81. The maximum atomic E-state index is 13.5. The van der Waals surface area contributed by atoms with Crippen LogP contribution in [0, 0.1) is 18.6 Å². The summed E-state index contributed by atoms with van der Waals surface area (Å²) in [5.74, 6) is -1.68. The van der Waals surface area contributed by atoms with E-state index in [1.807, 2.05) is 6.92 Å². The van der Waals surface area contributed by atoms with Crippen molar-refractivity contribution in [2.24, 2.45) is 0 Å². The third-order valence-electron chi connectivity index (χ3n) is 2.53. The highest BCUT2D eigenvalue weighted by Gasteiger charge is 2.14. The normalized spacial score (nSPS) is 10.6. The Kier molecular flexibility index (Phi) is 3.95. The molecule has 6 heteroatoms. The predicted octanol–water partition coefficient (Wildman–Crippen LogP) is 4.07. The second-order valence-electron chi connectivity index (χ2n) is 3.87. The zero-order valence-electron chi connectivity index (χ0n) is 10.4. The predicted molar refractivity (Wildman–Crippen MR) is 67.6 cm³/mol. The summed E-state index contributed by atoms with van der Waals surface area (Å²) in [5.41, 5.74) is 0.475.